The van der Waals surface area contributed by atoms with Crippen LogP contribution in [0.3, 0.4) is 0 Å². The van der Waals surface area contributed by atoms with Crippen molar-refractivity contribution in [3.63, 3.8) is 0 Å². The van der Waals surface area contributed by atoms with Gasteiger partial charge in [-0.1, -0.05) is 54.6 Å². The molecule has 0 spiro atoms. The molecule has 1 aromatic heterocycles. The molecule has 1 saturated heterocycles. The highest BCUT2D eigenvalue weighted by molar-refractivity contribution is 5.89. The number of piperazine rings is 1. The Morgan fingerprint density at radius 3 is 2.42 bits per heavy atom. The SMILES string of the molecule is Cc1cc(C)n(CC(=O)N2CCN(C)C(=O)C2Cc2cccc(-c3ccccc3)c2)c(=O)n1. The van der Waals surface area contributed by atoms with Gasteiger partial charge in [-0.05, 0) is 36.6 Å². The summed E-state index contributed by atoms with van der Waals surface area (Å²) >= 11 is 0. The average molecular weight is 445 g/mol. The monoisotopic (exact) mass is 444 g/mol. The maximum absolute atomic E-state index is 13.3. The second kappa shape index (κ2) is 9.40. The molecule has 3 aromatic rings. The fourth-order valence-electron chi connectivity index (χ4n) is 4.33. The maximum Gasteiger partial charge on any atom is 0.348 e. The van der Waals surface area contributed by atoms with Gasteiger partial charge in [0.25, 0.3) is 0 Å². The molecule has 1 aliphatic heterocycles. The molecule has 33 heavy (non-hydrogen) atoms. The molecule has 2 heterocycles. The lowest BCUT2D eigenvalue weighted by molar-refractivity contribution is -0.150. The third-order valence-corrected chi connectivity index (χ3v) is 6.14. The highest BCUT2D eigenvalue weighted by Gasteiger charge is 2.36. The molecular weight excluding hydrogens is 416 g/mol. The minimum atomic E-state index is -0.614. The van der Waals surface area contributed by atoms with Crippen LogP contribution in [0, 0.1) is 13.8 Å². The summed E-state index contributed by atoms with van der Waals surface area (Å²) in [7, 11) is 1.76. The van der Waals surface area contributed by atoms with Gasteiger partial charge in [0.15, 0.2) is 0 Å². The number of hydrogen-bond donors (Lipinski definition) is 0. The molecule has 2 amide bonds. The molecule has 0 aliphatic carbocycles. The van der Waals surface area contributed by atoms with E-state index in [1.807, 2.05) is 48.5 Å². The van der Waals surface area contributed by atoms with Crippen molar-refractivity contribution in [1.82, 2.24) is 19.4 Å². The summed E-state index contributed by atoms with van der Waals surface area (Å²) in [5.74, 6) is -0.345. The fourth-order valence-corrected chi connectivity index (χ4v) is 4.33. The third-order valence-electron chi connectivity index (χ3n) is 6.14. The minimum Gasteiger partial charge on any atom is -0.342 e. The van der Waals surface area contributed by atoms with Crippen molar-refractivity contribution in [3.05, 3.63) is 88.1 Å². The van der Waals surface area contributed by atoms with E-state index in [2.05, 4.69) is 11.1 Å². The number of carbonyl (C=O) groups excluding carboxylic acids is 2. The van der Waals surface area contributed by atoms with Gasteiger partial charge in [-0.3, -0.25) is 14.2 Å². The van der Waals surface area contributed by atoms with Crippen molar-refractivity contribution < 1.29 is 9.59 Å². The minimum absolute atomic E-state index is 0.0918. The molecule has 1 aliphatic rings. The van der Waals surface area contributed by atoms with E-state index < -0.39 is 11.7 Å². The second-order valence-electron chi connectivity index (χ2n) is 8.54. The van der Waals surface area contributed by atoms with Crippen LogP contribution in [0.2, 0.25) is 0 Å². The quantitative estimate of drug-likeness (QED) is 0.606. The Kier molecular flexibility index (Phi) is 6.40. The predicted octanol–water partition coefficient (Wildman–Crippen LogP) is 2.44. The Labute approximate surface area is 193 Å². The topological polar surface area (TPSA) is 75.5 Å². The molecule has 0 N–H and O–H groups in total. The maximum atomic E-state index is 13.3. The third kappa shape index (κ3) is 4.87. The number of rotatable bonds is 5. The lowest BCUT2D eigenvalue weighted by Crippen LogP contribution is -2.59. The number of nitrogens with zero attached hydrogens (tertiary/aromatic N) is 4. The van der Waals surface area contributed by atoms with Crippen molar-refractivity contribution in [1.29, 1.82) is 0 Å². The molecule has 1 atom stereocenters. The lowest BCUT2D eigenvalue weighted by Gasteiger charge is -2.39. The number of hydrogen-bond acceptors (Lipinski definition) is 4. The summed E-state index contributed by atoms with van der Waals surface area (Å²) in [5, 5.41) is 0. The standard InChI is InChI=1S/C26H28N4O3/c1-18-14-19(2)30(26(33)27-18)17-24(31)29-13-12-28(3)25(32)23(29)16-20-8-7-11-22(15-20)21-9-5-4-6-10-21/h4-11,14-15,23H,12-13,16-17H2,1-3H3. The molecule has 170 valence electrons. The van der Waals surface area contributed by atoms with Crippen molar-refractivity contribution in [2.75, 3.05) is 20.1 Å². The van der Waals surface area contributed by atoms with Gasteiger partial charge in [-0.2, -0.15) is 4.98 Å². The van der Waals surface area contributed by atoms with E-state index in [4.69, 9.17) is 0 Å². The number of carbonyl (C=O) groups is 2. The number of aryl methyl sites for hydroxylation is 2. The van der Waals surface area contributed by atoms with E-state index in [1.165, 1.54) is 4.57 Å². The summed E-state index contributed by atoms with van der Waals surface area (Å²) in [4.78, 5) is 45.9. The van der Waals surface area contributed by atoms with E-state index in [0.717, 1.165) is 16.7 Å². The van der Waals surface area contributed by atoms with Crippen LogP contribution >= 0.6 is 0 Å². The second-order valence-corrected chi connectivity index (χ2v) is 8.54. The van der Waals surface area contributed by atoms with Crippen molar-refractivity contribution in [3.8, 4) is 11.1 Å². The number of benzene rings is 2. The van der Waals surface area contributed by atoms with Crippen LogP contribution in [0.15, 0.2) is 65.5 Å². The van der Waals surface area contributed by atoms with E-state index in [-0.39, 0.29) is 18.4 Å². The number of likely N-dealkylation sites (N-methyl/N-ethyl adjacent to an activating group) is 1. The summed E-state index contributed by atoms with van der Waals surface area (Å²) in [6, 6.07) is 19.3. The zero-order valence-corrected chi connectivity index (χ0v) is 19.2. The first-order valence-corrected chi connectivity index (χ1v) is 11.1. The van der Waals surface area contributed by atoms with Gasteiger partial charge in [0.2, 0.25) is 11.8 Å². The zero-order valence-electron chi connectivity index (χ0n) is 19.2. The summed E-state index contributed by atoms with van der Waals surface area (Å²) in [5.41, 5.74) is 3.98. The van der Waals surface area contributed by atoms with E-state index in [9.17, 15) is 14.4 Å². The van der Waals surface area contributed by atoms with Crippen molar-refractivity contribution in [2.24, 2.45) is 0 Å². The largest absolute Gasteiger partial charge is 0.348 e. The molecule has 2 aromatic carbocycles. The molecule has 0 radical (unpaired) electrons. The van der Waals surface area contributed by atoms with Crippen LogP contribution in [-0.4, -0.2) is 57.3 Å². The summed E-state index contributed by atoms with van der Waals surface area (Å²) in [6.45, 7) is 4.29. The average Bonchev–Trinajstić information content (AvgIpc) is 2.80. The van der Waals surface area contributed by atoms with Gasteiger partial charge < -0.3 is 9.80 Å². The molecule has 1 fully saturated rings. The van der Waals surface area contributed by atoms with Crippen LogP contribution in [0.5, 0.6) is 0 Å². The Hall–Kier alpha value is -3.74. The summed E-state index contributed by atoms with van der Waals surface area (Å²) < 4.78 is 1.37. The molecule has 7 heteroatoms. The Balaban J connectivity index is 1.59. The fraction of sp³-hybridized carbons (Fsp3) is 0.308. The van der Waals surface area contributed by atoms with Crippen molar-refractivity contribution >= 4 is 11.8 Å². The molecule has 0 saturated carbocycles. The predicted molar refractivity (Wildman–Crippen MR) is 127 cm³/mol. The highest BCUT2D eigenvalue weighted by Crippen LogP contribution is 2.23. The molecule has 4 rings (SSSR count). The Bertz CT molecular complexity index is 1240. The molecule has 0 bridgehead atoms. The first kappa shape index (κ1) is 22.5. The highest BCUT2D eigenvalue weighted by atomic mass is 16.2. The van der Waals surface area contributed by atoms with Crippen molar-refractivity contribution in [2.45, 2.75) is 32.9 Å². The first-order valence-electron chi connectivity index (χ1n) is 11.1. The van der Waals surface area contributed by atoms with Gasteiger partial charge in [0.1, 0.15) is 12.6 Å². The number of aromatic nitrogens is 2. The van der Waals surface area contributed by atoms with E-state index in [0.29, 0.717) is 30.9 Å². The van der Waals surface area contributed by atoms with Crippen LogP contribution in [0.1, 0.15) is 17.0 Å². The van der Waals surface area contributed by atoms with E-state index >= 15 is 0 Å². The molecule has 1 unspecified atom stereocenters. The molecular formula is C26H28N4O3. The molecule has 7 nitrogen and oxygen atoms in total. The Morgan fingerprint density at radius 1 is 0.970 bits per heavy atom. The Morgan fingerprint density at radius 2 is 1.70 bits per heavy atom. The van der Waals surface area contributed by atoms with Crippen LogP contribution < -0.4 is 5.69 Å². The van der Waals surface area contributed by atoms with Crippen LogP contribution in [0.4, 0.5) is 0 Å². The van der Waals surface area contributed by atoms with Gasteiger partial charge in [0.05, 0.1) is 0 Å². The summed E-state index contributed by atoms with van der Waals surface area (Å²) in [6.07, 6.45) is 0.412. The van der Waals surface area contributed by atoms with E-state index in [1.54, 1.807) is 36.8 Å². The van der Waals surface area contributed by atoms with Crippen LogP contribution in [-0.2, 0) is 22.6 Å². The zero-order chi connectivity index (χ0) is 23.5. The van der Waals surface area contributed by atoms with Gasteiger partial charge in [-0.15, -0.1) is 0 Å². The first-order chi connectivity index (χ1) is 15.8. The van der Waals surface area contributed by atoms with Gasteiger partial charge >= 0.3 is 5.69 Å². The number of amides is 2. The van der Waals surface area contributed by atoms with Crippen LogP contribution in [0.25, 0.3) is 11.1 Å². The van der Waals surface area contributed by atoms with Gasteiger partial charge in [0, 0.05) is 37.9 Å². The van der Waals surface area contributed by atoms with Gasteiger partial charge in [-0.25, -0.2) is 4.79 Å². The normalized spacial score (nSPS) is 16.2. The lowest BCUT2D eigenvalue weighted by atomic mass is 9.97. The smallest absolute Gasteiger partial charge is 0.342 e.